The summed E-state index contributed by atoms with van der Waals surface area (Å²) < 4.78 is 26.7. The molecule has 0 unspecified atom stereocenters. The van der Waals surface area contributed by atoms with Crippen molar-refractivity contribution in [2.75, 3.05) is 22.4 Å². The number of nitrogens with zero attached hydrogens (tertiary/aromatic N) is 1. The Morgan fingerprint density at radius 1 is 1.00 bits per heavy atom. The number of benzene rings is 3. The first-order valence-corrected chi connectivity index (χ1v) is 13.2. The zero-order valence-electron chi connectivity index (χ0n) is 19.1. The van der Waals surface area contributed by atoms with Crippen molar-refractivity contribution in [2.45, 2.75) is 19.9 Å². The number of aryl methyl sites for hydroxylation is 1. The zero-order valence-corrected chi connectivity index (χ0v) is 21.5. The van der Waals surface area contributed by atoms with Crippen LogP contribution in [0.25, 0.3) is 0 Å². The lowest BCUT2D eigenvalue weighted by molar-refractivity contribution is -0.114. The highest BCUT2D eigenvalue weighted by atomic mass is 79.9. The monoisotopic (exact) mass is 543 g/mol. The molecule has 3 rings (SSSR count). The van der Waals surface area contributed by atoms with Gasteiger partial charge in [-0.05, 0) is 55.3 Å². The predicted octanol–water partition coefficient (Wildman–Crippen LogP) is 4.65. The van der Waals surface area contributed by atoms with E-state index in [2.05, 4.69) is 26.6 Å². The van der Waals surface area contributed by atoms with Gasteiger partial charge < -0.3 is 10.6 Å². The predicted molar refractivity (Wildman–Crippen MR) is 138 cm³/mol. The minimum atomic E-state index is -3.73. The van der Waals surface area contributed by atoms with Crippen LogP contribution in [0, 0.1) is 6.92 Å². The van der Waals surface area contributed by atoms with Crippen LogP contribution in [-0.2, 0) is 14.8 Å². The van der Waals surface area contributed by atoms with E-state index in [1.165, 1.54) is 0 Å². The number of carbonyl (C=O) groups is 2. The Hall–Kier alpha value is -3.17. The van der Waals surface area contributed by atoms with E-state index in [9.17, 15) is 18.0 Å². The summed E-state index contributed by atoms with van der Waals surface area (Å²) in [6, 6.07) is 20.9. The Labute approximate surface area is 208 Å². The molecule has 0 aliphatic carbocycles. The van der Waals surface area contributed by atoms with Gasteiger partial charge >= 0.3 is 0 Å². The summed E-state index contributed by atoms with van der Waals surface area (Å²) in [5, 5.41) is 5.62. The van der Waals surface area contributed by atoms with Gasteiger partial charge in [0.15, 0.2) is 0 Å². The second-order valence-electron chi connectivity index (χ2n) is 7.90. The summed E-state index contributed by atoms with van der Waals surface area (Å²) >= 11 is 3.39. The van der Waals surface area contributed by atoms with Gasteiger partial charge in [0.1, 0.15) is 6.54 Å². The van der Waals surface area contributed by atoms with E-state index in [1.54, 1.807) is 42.5 Å². The van der Waals surface area contributed by atoms with Crippen molar-refractivity contribution >= 4 is 49.1 Å². The zero-order chi connectivity index (χ0) is 24.9. The van der Waals surface area contributed by atoms with Crippen LogP contribution in [0.2, 0.25) is 0 Å². The molecule has 7 nitrogen and oxygen atoms in total. The van der Waals surface area contributed by atoms with Crippen LogP contribution in [0.5, 0.6) is 0 Å². The number of amides is 2. The summed E-state index contributed by atoms with van der Waals surface area (Å²) in [4.78, 5) is 25.8. The molecule has 0 bridgehead atoms. The molecular formula is C25H26BrN3O4S. The van der Waals surface area contributed by atoms with Crippen molar-refractivity contribution < 1.29 is 18.0 Å². The highest BCUT2D eigenvalue weighted by Crippen LogP contribution is 2.25. The molecule has 9 heteroatoms. The lowest BCUT2D eigenvalue weighted by Crippen LogP contribution is -2.38. The van der Waals surface area contributed by atoms with Gasteiger partial charge in [0.25, 0.3) is 5.91 Å². The molecule has 3 aromatic carbocycles. The van der Waals surface area contributed by atoms with Crippen LogP contribution >= 0.6 is 15.9 Å². The fraction of sp³-hybridized carbons (Fsp3) is 0.200. The van der Waals surface area contributed by atoms with Crippen molar-refractivity contribution in [3.8, 4) is 0 Å². The Kier molecular flexibility index (Phi) is 8.11. The van der Waals surface area contributed by atoms with Crippen LogP contribution in [-0.4, -0.2) is 33.0 Å². The molecule has 0 saturated heterocycles. The third-order valence-electron chi connectivity index (χ3n) is 5.21. The molecule has 0 fully saturated rings. The number of rotatable bonds is 8. The van der Waals surface area contributed by atoms with E-state index in [0.29, 0.717) is 11.4 Å². The first-order valence-electron chi connectivity index (χ1n) is 10.5. The van der Waals surface area contributed by atoms with Crippen LogP contribution in [0.15, 0.2) is 77.3 Å². The molecule has 0 radical (unpaired) electrons. The number of sulfonamides is 1. The van der Waals surface area contributed by atoms with E-state index in [0.717, 1.165) is 26.2 Å². The Bertz CT molecular complexity index is 1300. The lowest BCUT2D eigenvalue weighted by atomic mass is 10.1. The van der Waals surface area contributed by atoms with E-state index in [-0.39, 0.29) is 17.5 Å². The van der Waals surface area contributed by atoms with Gasteiger partial charge in [0.05, 0.1) is 29.2 Å². The maximum absolute atomic E-state index is 12.9. The summed E-state index contributed by atoms with van der Waals surface area (Å²) in [6.45, 7) is 3.27. The van der Waals surface area contributed by atoms with Gasteiger partial charge in [-0.1, -0.05) is 58.4 Å². The molecule has 3 aromatic rings. The van der Waals surface area contributed by atoms with E-state index in [1.807, 2.05) is 44.2 Å². The number of carbonyl (C=O) groups excluding carboxylic acids is 2. The third-order valence-corrected chi connectivity index (χ3v) is 7.24. The van der Waals surface area contributed by atoms with Gasteiger partial charge in [-0.25, -0.2) is 8.42 Å². The number of hydrogen-bond donors (Lipinski definition) is 2. The molecular weight excluding hydrogens is 518 g/mol. The smallest absolute Gasteiger partial charge is 0.253 e. The molecule has 0 aliphatic rings. The van der Waals surface area contributed by atoms with Crippen LogP contribution < -0.4 is 14.9 Å². The molecule has 0 spiro atoms. The largest absolute Gasteiger partial charge is 0.345 e. The van der Waals surface area contributed by atoms with Crippen molar-refractivity contribution in [1.82, 2.24) is 5.32 Å². The molecule has 2 N–H and O–H groups in total. The minimum Gasteiger partial charge on any atom is -0.345 e. The number of anilines is 2. The van der Waals surface area contributed by atoms with Crippen LogP contribution in [0.1, 0.15) is 34.5 Å². The van der Waals surface area contributed by atoms with Crippen molar-refractivity contribution in [3.63, 3.8) is 0 Å². The fourth-order valence-electron chi connectivity index (χ4n) is 3.39. The number of nitrogens with one attached hydrogen (secondary N) is 2. The summed E-state index contributed by atoms with van der Waals surface area (Å²) in [5.41, 5.74) is 2.74. The number of para-hydroxylation sites is 1. The SMILES string of the molecule is Cc1cc(N(CC(=O)Nc2ccccc2C(=O)N[C@@H](C)c2ccccc2)S(C)(=O)=O)ccc1Br. The minimum absolute atomic E-state index is 0.237. The lowest BCUT2D eigenvalue weighted by Gasteiger charge is -2.23. The van der Waals surface area contributed by atoms with E-state index in [4.69, 9.17) is 0 Å². The third kappa shape index (κ3) is 6.45. The highest BCUT2D eigenvalue weighted by Gasteiger charge is 2.23. The first kappa shape index (κ1) is 25.5. The summed E-state index contributed by atoms with van der Waals surface area (Å²) in [6.07, 6.45) is 1.05. The normalized spacial score (nSPS) is 12.0. The molecule has 0 aromatic heterocycles. The highest BCUT2D eigenvalue weighted by molar-refractivity contribution is 9.10. The average Bonchev–Trinajstić information content (AvgIpc) is 2.79. The summed E-state index contributed by atoms with van der Waals surface area (Å²) in [7, 11) is -3.73. The second-order valence-corrected chi connectivity index (χ2v) is 10.7. The molecule has 0 heterocycles. The van der Waals surface area contributed by atoms with Crippen molar-refractivity contribution in [2.24, 2.45) is 0 Å². The standard InChI is InChI=1S/C25H26BrN3O4S/c1-17-15-20(13-14-22(17)26)29(34(3,32)33)16-24(30)28-23-12-8-7-11-21(23)25(31)27-18(2)19-9-5-4-6-10-19/h4-15,18H,16H2,1-3H3,(H,27,31)(H,28,30)/t18-/m0/s1. The maximum atomic E-state index is 12.9. The fourth-order valence-corrected chi connectivity index (χ4v) is 4.49. The molecule has 0 saturated carbocycles. The topological polar surface area (TPSA) is 95.6 Å². The van der Waals surface area contributed by atoms with Gasteiger partial charge in [0.2, 0.25) is 15.9 Å². The average molecular weight is 544 g/mol. The van der Waals surface area contributed by atoms with Gasteiger partial charge in [-0.15, -0.1) is 0 Å². The first-order chi connectivity index (χ1) is 16.1. The molecule has 178 valence electrons. The van der Waals surface area contributed by atoms with Crippen molar-refractivity contribution in [3.05, 3.63) is 94.0 Å². The van der Waals surface area contributed by atoms with E-state index < -0.39 is 22.5 Å². The number of hydrogen-bond acceptors (Lipinski definition) is 4. The maximum Gasteiger partial charge on any atom is 0.253 e. The summed E-state index contributed by atoms with van der Waals surface area (Å²) in [5.74, 6) is -0.918. The quantitative estimate of drug-likeness (QED) is 0.432. The molecule has 2 amide bonds. The Morgan fingerprint density at radius 3 is 2.29 bits per heavy atom. The second kappa shape index (κ2) is 10.8. The Morgan fingerprint density at radius 2 is 1.65 bits per heavy atom. The van der Waals surface area contributed by atoms with Crippen molar-refractivity contribution in [1.29, 1.82) is 0 Å². The molecule has 1 atom stereocenters. The van der Waals surface area contributed by atoms with Crippen LogP contribution in [0.4, 0.5) is 11.4 Å². The Balaban J connectivity index is 1.78. The number of halogens is 1. The van der Waals surface area contributed by atoms with Gasteiger partial charge in [-0.2, -0.15) is 0 Å². The molecule has 0 aliphatic heterocycles. The van der Waals surface area contributed by atoms with Crippen LogP contribution in [0.3, 0.4) is 0 Å². The van der Waals surface area contributed by atoms with E-state index >= 15 is 0 Å². The molecule has 34 heavy (non-hydrogen) atoms. The van der Waals surface area contributed by atoms with Gasteiger partial charge in [0, 0.05) is 4.47 Å². The van der Waals surface area contributed by atoms with Gasteiger partial charge in [-0.3, -0.25) is 13.9 Å².